The van der Waals surface area contributed by atoms with Crippen LogP contribution < -0.4 is 10.5 Å². The number of hydrogen-bond donors (Lipinski definition) is 1. The lowest BCUT2D eigenvalue weighted by molar-refractivity contribution is 0.410. The number of hydrogen-bond acceptors (Lipinski definition) is 2. The summed E-state index contributed by atoms with van der Waals surface area (Å²) in [6, 6.07) is 9.07. The molecule has 3 rings (SSSR count). The monoisotopic (exact) mass is 285 g/mol. The maximum Gasteiger partial charge on any atom is 0.123 e. The van der Waals surface area contributed by atoms with Crippen LogP contribution in [0.25, 0.3) is 0 Å². The first-order chi connectivity index (χ1) is 9.95. The lowest BCUT2D eigenvalue weighted by Gasteiger charge is -2.29. The van der Waals surface area contributed by atoms with Gasteiger partial charge in [0.05, 0.1) is 12.6 Å². The van der Waals surface area contributed by atoms with E-state index in [0.717, 1.165) is 46.4 Å². The van der Waals surface area contributed by atoms with E-state index in [1.54, 1.807) is 13.2 Å². The van der Waals surface area contributed by atoms with Gasteiger partial charge in [0.1, 0.15) is 11.6 Å². The molecule has 1 atom stereocenters. The predicted octanol–water partition coefficient (Wildman–Crippen LogP) is 3.60. The van der Waals surface area contributed by atoms with E-state index in [9.17, 15) is 4.39 Å². The summed E-state index contributed by atoms with van der Waals surface area (Å²) in [7, 11) is 1.67. The summed E-state index contributed by atoms with van der Waals surface area (Å²) in [4.78, 5) is 0. The summed E-state index contributed by atoms with van der Waals surface area (Å²) in [5.41, 5.74) is 11.5. The van der Waals surface area contributed by atoms with E-state index in [-0.39, 0.29) is 5.82 Å². The standard InChI is InChI=1S/C18H20FNO/c1-11-9-17(21-3)12(2)8-16(11)18(20)7-6-13-10-14(19)4-5-15(13)18/h4-5,8-10H,6-7,20H2,1-3H3. The molecule has 2 aromatic carbocycles. The minimum Gasteiger partial charge on any atom is -0.496 e. The average Bonchev–Trinajstić information content (AvgIpc) is 2.78. The molecule has 0 saturated carbocycles. The number of nitrogens with two attached hydrogens (primary N) is 1. The molecule has 2 aromatic rings. The second-order valence-electron chi connectivity index (χ2n) is 5.91. The van der Waals surface area contributed by atoms with Gasteiger partial charge in [0, 0.05) is 0 Å². The fraction of sp³-hybridized carbons (Fsp3) is 0.333. The molecule has 0 heterocycles. The van der Waals surface area contributed by atoms with Crippen LogP contribution in [0, 0.1) is 19.7 Å². The van der Waals surface area contributed by atoms with Crippen LogP contribution in [-0.2, 0) is 12.0 Å². The van der Waals surface area contributed by atoms with Gasteiger partial charge in [-0.2, -0.15) is 0 Å². The third kappa shape index (κ3) is 2.12. The molecule has 3 heteroatoms. The zero-order valence-electron chi connectivity index (χ0n) is 12.7. The Morgan fingerprint density at radius 3 is 2.57 bits per heavy atom. The number of fused-ring (bicyclic) bond motifs is 1. The normalized spacial score (nSPS) is 20.4. The van der Waals surface area contributed by atoms with Gasteiger partial charge in [-0.1, -0.05) is 6.07 Å². The number of halogens is 1. The van der Waals surface area contributed by atoms with Gasteiger partial charge in [0.15, 0.2) is 0 Å². The molecule has 0 aliphatic heterocycles. The van der Waals surface area contributed by atoms with Gasteiger partial charge in [-0.05, 0) is 78.8 Å². The topological polar surface area (TPSA) is 35.2 Å². The van der Waals surface area contributed by atoms with E-state index in [0.29, 0.717) is 0 Å². The van der Waals surface area contributed by atoms with Gasteiger partial charge < -0.3 is 10.5 Å². The van der Waals surface area contributed by atoms with Crippen LogP contribution >= 0.6 is 0 Å². The van der Waals surface area contributed by atoms with Gasteiger partial charge in [-0.25, -0.2) is 4.39 Å². The van der Waals surface area contributed by atoms with Crippen molar-refractivity contribution in [1.29, 1.82) is 0 Å². The Bertz CT molecular complexity index is 711. The Hall–Kier alpha value is -1.87. The van der Waals surface area contributed by atoms with Crippen molar-refractivity contribution in [3.05, 3.63) is 64.0 Å². The fourth-order valence-electron chi connectivity index (χ4n) is 3.44. The number of benzene rings is 2. The van der Waals surface area contributed by atoms with Crippen molar-refractivity contribution in [3.63, 3.8) is 0 Å². The first-order valence-electron chi connectivity index (χ1n) is 7.19. The van der Waals surface area contributed by atoms with Crippen LogP contribution in [0.5, 0.6) is 5.75 Å². The van der Waals surface area contributed by atoms with Crippen molar-refractivity contribution in [1.82, 2.24) is 0 Å². The third-order valence-corrected chi connectivity index (χ3v) is 4.56. The molecule has 2 nitrogen and oxygen atoms in total. The summed E-state index contributed by atoms with van der Waals surface area (Å²) in [6.07, 6.45) is 1.62. The SMILES string of the molecule is COc1cc(C)c(C2(N)CCc3cc(F)ccc32)cc1C. The Morgan fingerprint density at radius 1 is 1.10 bits per heavy atom. The van der Waals surface area contributed by atoms with E-state index >= 15 is 0 Å². The smallest absolute Gasteiger partial charge is 0.123 e. The molecule has 0 fully saturated rings. The van der Waals surface area contributed by atoms with E-state index in [1.165, 1.54) is 6.07 Å². The third-order valence-electron chi connectivity index (χ3n) is 4.56. The van der Waals surface area contributed by atoms with Gasteiger partial charge >= 0.3 is 0 Å². The molecule has 0 aromatic heterocycles. The molecule has 0 saturated heterocycles. The quantitative estimate of drug-likeness (QED) is 0.915. The number of ether oxygens (including phenoxy) is 1. The number of methoxy groups -OCH3 is 1. The van der Waals surface area contributed by atoms with Crippen LogP contribution in [0.15, 0.2) is 30.3 Å². The van der Waals surface area contributed by atoms with Crippen molar-refractivity contribution in [3.8, 4) is 5.75 Å². The summed E-state index contributed by atoms with van der Waals surface area (Å²) in [6.45, 7) is 4.07. The van der Waals surface area contributed by atoms with Gasteiger partial charge in [-0.3, -0.25) is 0 Å². The van der Waals surface area contributed by atoms with Crippen molar-refractivity contribution in [2.45, 2.75) is 32.2 Å². The maximum atomic E-state index is 13.4. The van der Waals surface area contributed by atoms with Gasteiger partial charge in [-0.15, -0.1) is 0 Å². The first kappa shape index (κ1) is 14.1. The van der Waals surface area contributed by atoms with E-state index in [4.69, 9.17) is 10.5 Å². The van der Waals surface area contributed by atoms with E-state index in [1.807, 2.05) is 26.0 Å². The van der Waals surface area contributed by atoms with Crippen LogP contribution in [0.4, 0.5) is 4.39 Å². The highest BCUT2D eigenvalue weighted by Gasteiger charge is 2.38. The highest BCUT2D eigenvalue weighted by Crippen LogP contribution is 2.42. The summed E-state index contributed by atoms with van der Waals surface area (Å²) in [5.74, 6) is 0.679. The number of aryl methyl sites for hydroxylation is 3. The summed E-state index contributed by atoms with van der Waals surface area (Å²) < 4.78 is 18.8. The molecule has 1 aliphatic carbocycles. The van der Waals surface area contributed by atoms with Crippen molar-refractivity contribution >= 4 is 0 Å². The average molecular weight is 285 g/mol. The number of rotatable bonds is 2. The molecule has 0 radical (unpaired) electrons. The fourth-order valence-corrected chi connectivity index (χ4v) is 3.44. The van der Waals surface area contributed by atoms with Crippen LogP contribution in [0.1, 0.15) is 34.2 Å². The lowest BCUT2D eigenvalue weighted by Crippen LogP contribution is -2.36. The molecule has 110 valence electrons. The highest BCUT2D eigenvalue weighted by atomic mass is 19.1. The lowest BCUT2D eigenvalue weighted by atomic mass is 9.82. The second kappa shape index (κ2) is 4.85. The minimum absolute atomic E-state index is 0.194. The predicted molar refractivity (Wildman–Crippen MR) is 82.2 cm³/mol. The van der Waals surface area contributed by atoms with Gasteiger partial charge in [0.25, 0.3) is 0 Å². The Balaban J connectivity index is 2.16. The molecule has 1 aliphatic rings. The Morgan fingerprint density at radius 2 is 1.86 bits per heavy atom. The minimum atomic E-state index is -0.538. The molecule has 2 N–H and O–H groups in total. The molecule has 1 unspecified atom stereocenters. The summed E-state index contributed by atoms with van der Waals surface area (Å²) >= 11 is 0. The molecule has 0 bridgehead atoms. The van der Waals surface area contributed by atoms with Crippen molar-refractivity contribution in [2.24, 2.45) is 5.73 Å². The van der Waals surface area contributed by atoms with Crippen LogP contribution in [-0.4, -0.2) is 7.11 Å². The largest absolute Gasteiger partial charge is 0.496 e. The van der Waals surface area contributed by atoms with E-state index < -0.39 is 5.54 Å². The first-order valence-corrected chi connectivity index (χ1v) is 7.19. The molecular formula is C18H20FNO. The highest BCUT2D eigenvalue weighted by molar-refractivity contribution is 5.52. The Kier molecular flexibility index (Phi) is 3.25. The molecule has 0 spiro atoms. The maximum absolute atomic E-state index is 13.4. The van der Waals surface area contributed by atoms with Crippen molar-refractivity contribution in [2.75, 3.05) is 7.11 Å². The summed E-state index contributed by atoms with van der Waals surface area (Å²) in [5, 5.41) is 0. The molecular weight excluding hydrogens is 265 g/mol. The van der Waals surface area contributed by atoms with Gasteiger partial charge in [0.2, 0.25) is 0 Å². The second-order valence-corrected chi connectivity index (χ2v) is 5.91. The zero-order chi connectivity index (χ0) is 15.2. The van der Waals surface area contributed by atoms with E-state index in [2.05, 4.69) is 6.07 Å². The Labute approximate surface area is 124 Å². The molecule has 21 heavy (non-hydrogen) atoms. The molecule has 0 amide bonds. The van der Waals surface area contributed by atoms with Crippen molar-refractivity contribution < 1.29 is 9.13 Å². The van der Waals surface area contributed by atoms with Crippen LogP contribution in [0.3, 0.4) is 0 Å². The zero-order valence-corrected chi connectivity index (χ0v) is 12.7. The van der Waals surface area contributed by atoms with Crippen LogP contribution in [0.2, 0.25) is 0 Å².